The zero-order valence-electron chi connectivity index (χ0n) is 6.49. The molecule has 0 amide bonds. The van der Waals surface area contributed by atoms with E-state index in [0.29, 0.717) is 19.3 Å². The highest BCUT2D eigenvalue weighted by Gasteiger charge is 2.52. The van der Waals surface area contributed by atoms with E-state index in [1.54, 1.807) is 6.07 Å². The summed E-state index contributed by atoms with van der Waals surface area (Å²) < 4.78 is 4.88. The predicted molar refractivity (Wildman–Crippen MR) is 37.8 cm³/mol. The highest BCUT2D eigenvalue weighted by molar-refractivity contribution is 5.75. The molecule has 2 rings (SSSR count). The number of aliphatic hydroxyl groups is 1. The molecule has 2 bridgehead atoms. The number of nitriles is 1. The van der Waals surface area contributed by atoms with Crippen molar-refractivity contribution >= 4 is 5.97 Å². The SMILES string of the molecule is N#CC1(O)CCC2CC1OC2=O. The molecule has 1 aliphatic carbocycles. The lowest BCUT2D eigenvalue weighted by molar-refractivity contribution is -0.148. The highest BCUT2D eigenvalue weighted by Crippen LogP contribution is 2.39. The quantitative estimate of drug-likeness (QED) is 0.406. The number of esters is 1. The van der Waals surface area contributed by atoms with Gasteiger partial charge in [0, 0.05) is 6.42 Å². The van der Waals surface area contributed by atoms with Crippen LogP contribution in [0.3, 0.4) is 0 Å². The van der Waals surface area contributed by atoms with E-state index < -0.39 is 11.7 Å². The number of rotatable bonds is 0. The van der Waals surface area contributed by atoms with Crippen LogP contribution >= 0.6 is 0 Å². The van der Waals surface area contributed by atoms with Gasteiger partial charge in [0.05, 0.1) is 5.92 Å². The van der Waals surface area contributed by atoms with Crippen molar-refractivity contribution in [3.63, 3.8) is 0 Å². The zero-order chi connectivity index (χ0) is 8.77. The molecule has 1 heterocycles. The van der Waals surface area contributed by atoms with Gasteiger partial charge in [0.25, 0.3) is 0 Å². The largest absolute Gasteiger partial charge is 0.458 e. The van der Waals surface area contributed by atoms with Gasteiger partial charge in [-0.1, -0.05) is 0 Å². The summed E-state index contributed by atoms with van der Waals surface area (Å²) in [5, 5.41) is 18.3. The standard InChI is InChI=1S/C8H9NO3/c9-4-8(11)2-1-5-3-6(8)12-7(5)10/h5-6,11H,1-3H2. The van der Waals surface area contributed by atoms with Gasteiger partial charge in [-0.2, -0.15) is 5.26 Å². The van der Waals surface area contributed by atoms with Crippen molar-refractivity contribution in [2.45, 2.75) is 31.0 Å². The molecule has 0 spiro atoms. The molecule has 0 aromatic carbocycles. The molecule has 12 heavy (non-hydrogen) atoms. The number of fused-ring (bicyclic) bond motifs is 2. The summed E-state index contributed by atoms with van der Waals surface area (Å²) in [6.07, 6.45) is 0.834. The Morgan fingerprint density at radius 1 is 1.75 bits per heavy atom. The van der Waals surface area contributed by atoms with Gasteiger partial charge in [0.15, 0.2) is 5.60 Å². The van der Waals surface area contributed by atoms with Gasteiger partial charge < -0.3 is 9.84 Å². The molecule has 0 aromatic heterocycles. The second-order valence-corrected chi connectivity index (χ2v) is 3.43. The third-order valence-electron chi connectivity index (χ3n) is 2.69. The highest BCUT2D eigenvalue weighted by atomic mass is 16.6. The average molecular weight is 167 g/mol. The Kier molecular flexibility index (Phi) is 1.39. The molecule has 0 radical (unpaired) electrons. The van der Waals surface area contributed by atoms with Gasteiger partial charge in [-0.15, -0.1) is 0 Å². The van der Waals surface area contributed by atoms with Crippen molar-refractivity contribution in [2.75, 3.05) is 0 Å². The molecule has 1 N–H and O–H groups in total. The van der Waals surface area contributed by atoms with Crippen LogP contribution in [0.5, 0.6) is 0 Å². The van der Waals surface area contributed by atoms with Crippen LogP contribution in [-0.4, -0.2) is 22.8 Å². The number of hydrogen-bond acceptors (Lipinski definition) is 4. The monoisotopic (exact) mass is 167 g/mol. The lowest BCUT2D eigenvalue weighted by atomic mass is 9.80. The fourth-order valence-corrected chi connectivity index (χ4v) is 1.85. The van der Waals surface area contributed by atoms with Gasteiger partial charge in [0.1, 0.15) is 12.2 Å². The summed E-state index contributed by atoms with van der Waals surface area (Å²) in [5.41, 5.74) is -1.43. The molecule has 2 fully saturated rings. The third-order valence-corrected chi connectivity index (χ3v) is 2.69. The first-order valence-electron chi connectivity index (χ1n) is 4.00. The Labute approximate surface area is 69.7 Å². The van der Waals surface area contributed by atoms with E-state index in [4.69, 9.17) is 10.00 Å². The van der Waals surface area contributed by atoms with Crippen molar-refractivity contribution in [1.82, 2.24) is 0 Å². The van der Waals surface area contributed by atoms with Crippen LogP contribution in [0.2, 0.25) is 0 Å². The number of hydrogen-bond donors (Lipinski definition) is 1. The molecule has 3 atom stereocenters. The molecule has 3 unspecified atom stereocenters. The summed E-state index contributed by atoms with van der Waals surface area (Å²) in [7, 11) is 0. The molecule has 1 saturated carbocycles. The Bertz CT molecular complexity index is 270. The maximum atomic E-state index is 11.0. The van der Waals surface area contributed by atoms with Gasteiger partial charge in [-0.05, 0) is 12.8 Å². The van der Waals surface area contributed by atoms with Crippen molar-refractivity contribution < 1.29 is 14.6 Å². The van der Waals surface area contributed by atoms with Crippen LogP contribution in [0.4, 0.5) is 0 Å². The topological polar surface area (TPSA) is 70.3 Å². The van der Waals surface area contributed by atoms with Crippen molar-refractivity contribution in [3.8, 4) is 6.07 Å². The maximum Gasteiger partial charge on any atom is 0.309 e. The zero-order valence-corrected chi connectivity index (χ0v) is 6.49. The first-order chi connectivity index (χ1) is 5.65. The van der Waals surface area contributed by atoms with Crippen LogP contribution in [-0.2, 0) is 9.53 Å². The van der Waals surface area contributed by atoms with Crippen molar-refractivity contribution in [1.29, 1.82) is 5.26 Å². The van der Waals surface area contributed by atoms with Crippen LogP contribution in [0.15, 0.2) is 0 Å². The summed E-state index contributed by atoms with van der Waals surface area (Å²) in [4.78, 5) is 11.0. The average Bonchev–Trinajstić information content (AvgIpc) is 2.39. The minimum Gasteiger partial charge on any atom is -0.458 e. The minimum atomic E-state index is -1.43. The lowest BCUT2D eigenvalue weighted by Crippen LogP contribution is -2.42. The summed E-state index contributed by atoms with van der Waals surface area (Å²) in [6.45, 7) is 0. The first-order valence-corrected chi connectivity index (χ1v) is 4.00. The van der Waals surface area contributed by atoms with E-state index in [-0.39, 0.29) is 11.9 Å². The van der Waals surface area contributed by atoms with E-state index in [1.165, 1.54) is 0 Å². The summed E-state index contributed by atoms with van der Waals surface area (Å²) in [6, 6.07) is 1.81. The van der Waals surface area contributed by atoms with Crippen molar-refractivity contribution in [2.24, 2.45) is 5.92 Å². The molecule has 1 saturated heterocycles. The van der Waals surface area contributed by atoms with Gasteiger partial charge in [-0.25, -0.2) is 0 Å². The number of carbonyl (C=O) groups excluding carboxylic acids is 1. The molecule has 64 valence electrons. The third kappa shape index (κ3) is 0.833. The van der Waals surface area contributed by atoms with Crippen molar-refractivity contribution in [3.05, 3.63) is 0 Å². The summed E-state index contributed by atoms with van der Waals surface area (Å²) >= 11 is 0. The molecule has 2 aliphatic rings. The van der Waals surface area contributed by atoms with E-state index in [9.17, 15) is 9.90 Å². The van der Waals surface area contributed by atoms with Crippen LogP contribution in [0, 0.1) is 17.2 Å². The Hall–Kier alpha value is -1.08. The first kappa shape index (κ1) is 7.56. The van der Waals surface area contributed by atoms with E-state index >= 15 is 0 Å². The Morgan fingerprint density at radius 2 is 2.50 bits per heavy atom. The molecule has 0 aromatic rings. The van der Waals surface area contributed by atoms with E-state index in [0.717, 1.165) is 0 Å². The molecule has 4 nitrogen and oxygen atoms in total. The number of carbonyl (C=O) groups is 1. The Morgan fingerprint density at radius 3 is 3.17 bits per heavy atom. The molecule has 1 aliphatic heterocycles. The van der Waals surface area contributed by atoms with Gasteiger partial charge in [-0.3, -0.25) is 4.79 Å². The van der Waals surface area contributed by atoms with Crippen LogP contribution in [0.25, 0.3) is 0 Å². The van der Waals surface area contributed by atoms with Gasteiger partial charge in [0.2, 0.25) is 0 Å². The number of nitrogens with zero attached hydrogens (tertiary/aromatic N) is 1. The molecular formula is C8H9NO3. The second-order valence-electron chi connectivity index (χ2n) is 3.43. The smallest absolute Gasteiger partial charge is 0.309 e. The second kappa shape index (κ2) is 2.20. The molecular weight excluding hydrogens is 158 g/mol. The number of ether oxygens (including phenoxy) is 1. The van der Waals surface area contributed by atoms with E-state index in [1.807, 2.05) is 0 Å². The van der Waals surface area contributed by atoms with Crippen LogP contribution in [0.1, 0.15) is 19.3 Å². The maximum absolute atomic E-state index is 11.0. The minimum absolute atomic E-state index is 0.0800. The van der Waals surface area contributed by atoms with Crippen LogP contribution < -0.4 is 0 Å². The summed E-state index contributed by atoms with van der Waals surface area (Å²) in [5.74, 6) is -0.338. The van der Waals surface area contributed by atoms with E-state index in [2.05, 4.69) is 0 Å². The lowest BCUT2D eigenvalue weighted by Gasteiger charge is -2.28. The molecule has 4 heteroatoms. The Balaban J connectivity index is 2.26. The fourth-order valence-electron chi connectivity index (χ4n) is 1.85. The normalized spacial score (nSPS) is 45.2. The fraction of sp³-hybridized carbons (Fsp3) is 0.750. The van der Waals surface area contributed by atoms with Gasteiger partial charge >= 0.3 is 5.97 Å². The predicted octanol–water partition coefficient (Wildman–Crippen LogP) is -0.0334.